The van der Waals surface area contributed by atoms with E-state index in [1.165, 1.54) is 6.07 Å². The molecular formula is C15H14BrClFNO. The van der Waals surface area contributed by atoms with E-state index in [9.17, 15) is 9.50 Å². The third-order valence-electron chi connectivity index (χ3n) is 3.22. The molecule has 0 radical (unpaired) electrons. The fraction of sp³-hybridized carbons (Fsp3) is 0.200. The summed E-state index contributed by atoms with van der Waals surface area (Å²) in [6, 6.07) is 11.7. The minimum absolute atomic E-state index is 0.250. The van der Waals surface area contributed by atoms with Crippen molar-refractivity contribution in [3.63, 3.8) is 0 Å². The van der Waals surface area contributed by atoms with Crippen molar-refractivity contribution in [3.8, 4) is 0 Å². The van der Waals surface area contributed by atoms with Crippen molar-refractivity contribution in [2.45, 2.75) is 12.0 Å². The molecule has 2 aromatic rings. The second-order valence-corrected chi connectivity index (χ2v) is 5.80. The highest BCUT2D eigenvalue weighted by atomic mass is 79.9. The van der Waals surface area contributed by atoms with E-state index in [-0.39, 0.29) is 12.5 Å². The highest BCUT2D eigenvalue weighted by Crippen LogP contribution is 2.32. The van der Waals surface area contributed by atoms with Crippen LogP contribution >= 0.6 is 27.5 Å². The van der Waals surface area contributed by atoms with E-state index in [0.29, 0.717) is 15.1 Å². The summed E-state index contributed by atoms with van der Waals surface area (Å²) in [4.78, 5) is 0. The Labute approximate surface area is 130 Å². The van der Waals surface area contributed by atoms with Crippen LogP contribution in [0.4, 0.5) is 4.39 Å². The maximum absolute atomic E-state index is 13.6. The number of aliphatic hydroxyl groups is 1. The molecular weight excluding hydrogens is 345 g/mol. The van der Waals surface area contributed by atoms with Crippen LogP contribution in [0.15, 0.2) is 46.9 Å². The molecule has 0 aromatic heterocycles. The minimum atomic E-state index is -0.872. The average Bonchev–Trinajstić information content (AvgIpc) is 2.44. The van der Waals surface area contributed by atoms with Crippen LogP contribution in [0.3, 0.4) is 0 Å². The predicted octanol–water partition coefficient (Wildman–Crippen LogP) is 4.02. The summed E-state index contributed by atoms with van der Waals surface area (Å²) >= 11 is 8.94. The van der Waals surface area contributed by atoms with Crippen LogP contribution in [-0.4, -0.2) is 11.7 Å². The lowest BCUT2D eigenvalue weighted by atomic mass is 9.89. The van der Waals surface area contributed by atoms with Gasteiger partial charge in [0.1, 0.15) is 5.82 Å². The third-order valence-corrected chi connectivity index (χ3v) is 4.11. The van der Waals surface area contributed by atoms with Crippen molar-refractivity contribution in [2.24, 2.45) is 5.73 Å². The number of halogens is 3. The quantitative estimate of drug-likeness (QED) is 0.867. The summed E-state index contributed by atoms with van der Waals surface area (Å²) in [6.45, 7) is 0.250. The van der Waals surface area contributed by atoms with Gasteiger partial charge in [0, 0.05) is 17.5 Å². The molecule has 2 aromatic carbocycles. The molecule has 2 atom stereocenters. The van der Waals surface area contributed by atoms with E-state index >= 15 is 0 Å². The van der Waals surface area contributed by atoms with Crippen LogP contribution in [0.1, 0.15) is 23.1 Å². The molecule has 3 N–H and O–H groups in total. The van der Waals surface area contributed by atoms with Crippen molar-refractivity contribution < 1.29 is 9.50 Å². The monoisotopic (exact) mass is 357 g/mol. The fourth-order valence-corrected chi connectivity index (χ4v) is 2.46. The van der Waals surface area contributed by atoms with E-state index in [4.69, 9.17) is 17.3 Å². The minimum Gasteiger partial charge on any atom is -0.388 e. The Balaban J connectivity index is 2.30. The lowest BCUT2D eigenvalue weighted by molar-refractivity contribution is 0.147. The largest absolute Gasteiger partial charge is 0.388 e. The first kappa shape index (κ1) is 15.4. The van der Waals surface area contributed by atoms with Crippen molar-refractivity contribution in [3.05, 3.63) is 68.9 Å². The van der Waals surface area contributed by atoms with E-state index < -0.39 is 11.9 Å². The summed E-state index contributed by atoms with van der Waals surface area (Å²) < 4.78 is 13.9. The van der Waals surface area contributed by atoms with Gasteiger partial charge in [0.2, 0.25) is 0 Å². The smallest absolute Gasteiger partial charge is 0.137 e. The Hall–Kier alpha value is -0.940. The number of aliphatic hydroxyl groups excluding tert-OH is 1. The van der Waals surface area contributed by atoms with Gasteiger partial charge in [-0.05, 0) is 51.3 Å². The molecule has 2 rings (SSSR count). The molecule has 0 aliphatic rings. The van der Waals surface area contributed by atoms with Gasteiger partial charge in [-0.2, -0.15) is 0 Å². The average molecular weight is 359 g/mol. The summed E-state index contributed by atoms with van der Waals surface area (Å²) in [5.41, 5.74) is 7.12. The van der Waals surface area contributed by atoms with Gasteiger partial charge >= 0.3 is 0 Å². The van der Waals surface area contributed by atoms with Gasteiger partial charge in [-0.15, -0.1) is 0 Å². The summed E-state index contributed by atoms with van der Waals surface area (Å²) in [5.74, 6) is -0.721. The molecule has 20 heavy (non-hydrogen) atoms. The normalized spacial score (nSPS) is 14.1. The second-order valence-electron chi connectivity index (χ2n) is 4.51. The van der Waals surface area contributed by atoms with E-state index in [1.807, 2.05) is 12.1 Å². The molecule has 0 bridgehead atoms. The first-order valence-electron chi connectivity index (χ1n) is 6.11. The number of rotatable bonds is 4. The lowest BCUT2D eigenvalue weighted by Crippen LogP contribution is -2.20. The highest BCUT2D eigenvalue weighted by molar-refractivity contribution is 9.10. The lowest BCUT2D eigenvalue weighted by Gasteiger charge is -2.22. The number of nitrogens with two attached hydrogens (primary N) is 1. The Morgan fingerprint density at radius 3 is 2.30 bits per heavy atom. The molecule has 2 unspecified atom stereocenters. The highest BCUT2D eigenvalue weighted by Gasteiger charge is 2.22. The first-order valence-corrected chi connectivity index (χ1v) is 7.28. The molecule has 2 nitrogen and oxygen atoms in total. The zero-order valence-corrected chi connectivity index (χ0v) is 12.9. The van der Waals surface area contributed by atoms with Crippen molar-refractivity contribution >= 4 is 27.5 Å². The molecule has 0 amide bonds. The Kier molecular flexibility index (Phi) is 5.16. The zero-order valence-electron chi connectivity index (χ0n) is 10.6. The molecule has 0 aliphatic heterocycles. The maximum Gasteiger partial charge on any atom is 0.137 e. The zero-order chi connectivity index (χ0) is 14.7. The van der Waals surface area contributed by atoms with E-state index in [1.54, 1.807) is 24.3 Å². The molecule has 0 fully saturated rings. The molecule has 0 aliphatic carbocycles. The van der Waals surface area contributed by atoms with Crippen molar-refractivity contribution in [2.75, 3.05) is 6.54 Å². The van der Waals surface area contributed by atoms with Crippen LogP contribution in [0.2, 0.25) is 5.02 Å². The van der Waals surface area contributed by atoms with Crippen LogP contribution < -0.4 is 5.73 Å². The van der Waals surface area contributed by atoms with Crippen LogP contribution in [0, 0.1) is 5.82 Å². The predicted molar refractivity (Wildman–Crippen MR) is 82.3 cm³/mol. The van der Waals surface area contributed by atoms with Crippen LogP contribution in [-0.2, 0) is 0 Å². The number of hydrogen-bond donors (Lipinski definition) is 2. The third kappa shape index (κ3) is 3.38. The summed E-state index contributed by atoms with van der Waals surface area (Å²) in [6.07, 6.45) is -0.872. The van der Waals surface area contributed by atoms with Gasteiger partial charge in [-0.25, -0.2) is 4.39 Å². The number of benzene rings is 2. The topological polar surface area (TPSA) is 46.2 Å². The molecule has 0 heterocycles. The van der Waals surface area contributed by atoms with Gasteiger partial charge in [0.25, 0.3) is 0 Å². The van der Waals surface area contributed by atoms with E-state index in [2.05, 4.69) is 15.9 Å². The Morgan fingerprint density at radius 1 is 1.15 bits per heavy atom. The Morgan fingerprint density at radius 2 is 1.75 bits per heavy atom. The SMILES string of the molecule is NCC(c1ccc(Cl)cc1)C(O)c1ccc(Br)c(F)c1. The molecule has 0 spiro atoms. The molecule has 0 saturated heterocycles. The Bertz CT molecular complexity index is 591. The second kappa shape index (κ2) is 6.68. The van der Waals surface area contributed by atoms with E-state index in [0.717, 1.165) is 5.56 Å². The first-order chi connectivity index (χ1) is 9.52. The van der Waals surface area contributed by atoms with Gasteiger partial charge in [-0.3, -0.25) is 0 Å². The van der Waals surface area contributed by atoms with Gasteiger partial charge in [-0.1, -0.05) is 29.8 Å². The van der Waals surface area contributed by atoms with Crippen molar-refractivity contribution in [1.82, 2.24) is 0 Å². The van der Waals surface area contributed by atoms with Gasteiger partial charge < -0.3 is 10.8 Å². The van der Waals surface area contributed by atoms with Gasteiger partial charge in [0.05, 0.1) is 10.6 Å². The maximum atomic E-state index is 13.6. The standard InChI is InChI=1S/C15H14BrClFNO/c16-13-6-3-10(7-14(13)18)15(20)12(8-19)9-1-4-11(17)5-2-9/h1-7,12,15,20H,8,19H2. The number of hydrogen-bond acceptors (Lipinski definition) is 2. The molecule has 106 valence electrons. The summed E-state index contributed by atoms with van der Waals surface area (Å²) in [5, 5.41) is 11.0. The van der Waals surface area contributed by atoms with Gasteiger partial charge in [0.15, 0.2) is 0 Å². The summed E-state index contributed by atoms with van der Waals surface area (Å²) in [7, 11) is 0. The fourth-order valence-electron chi connectivity index (χ4n) is 2.09. The molecule has 5 heteroatoms. The molecule has 0 saturated carbocycles. The van der Waals surface area contributed by atoms with Crippen LogP contribution in [0.25, 0.3) is 0 Å². The van der Waals surface area contributed by atoms with Crippen molar-refractivity contribution in [1.29, 1.82) is 0 Å². The van der Waals surface area contributed by atoms with Crippen LogP contribution in [0.5, 0.6) is 0 Å².